The average Bonchev–Trinajstić information content (AvgIpc) is 3.30. The molecule has 7 heteroatoms. The second-order valence-corrected chi connectivity index (χ2v) is 6.93. The minimum absolute atomic E-state index is 0.0191. The van der Waals surface area contributed by atoms with Gasteiger partial charge in [-0.3, -0.25) is 9.59 Å². The summed E-state index contributed by atoms with van der Waals surface area (Å²) in [7, 11) is 0. The number of halogens is 2. The lowest BCUT2D eigenvalue weighted by Gasteiger charge is -2.20. The first kappa shape index (κ1) is 16.6. The summed E-state index contributed by atoms with van der Waals surface area (Å²) in [5.74, 6) is -0.615. The van der Waals surface area contributed by atoms with Crippen LogP contribution in [-0.4, -0.2) is 30.9 Å². The Hall–Kier alpha value is -1.30. The number of carbonyl (C=O) groups excluding carboxylic acids is 2. The molecule has 0 bridgehead atoms. The van der Waals surface area contributed by atoms with E-state index in [0.717, 1.165) is 12.8 Å². The van der Waals surface area contributed by atoms with Crippen molar-refractivity contribution in [1.82, 2.24) is 5.32 Å². The molecule has 2 atom stereocenters. The molecular formula is C16H19Cl2N3O2. The molecule has 2 amide bonds. The molecule has 2 aliphatic rings. The quantitative estimate of drug-likeness (QED) is 0.795. The Bertz CT molecular complexity index is 634. The first-order valence-corrected chi connectivity index (χ1v) is 8.53. The van der Waals surface area contributed by atoms with Crippen LogP contribution in [0, 0.1) is 11.8 Å². The molecule has 3 rings (SSSR count). The van der Waals surface area contributed by atoms with Crippen LogP contribution in [0.5, 0.6) is 0 Å². The SMILES string of the molecule is NCC(NC(=O)C1CCN(c2ccc(Cl)c(Cl)c2)C1=O)C1CC1. The standard InChI is InChI=1S/C16H19Cl2N3O2/c17-12-4-3-10(7-13(12)18)21-6-5-11(16(21)23)15(22)20-14(8-19)9-1-2-9/h3-4,7,9,11,14H,1-2,5-6,8,19H2,(H,20,22). The van der Waals surface area contributed by atoms with E-state index >= 15 is 0 Å². The van der Waals surface area contributed by atoms with E-state index in [-0.39, 0.29) is 17.9 Å². The van der Waals surface area contributed by atoms with Gasteiger partial charge in [0.15, 0.2) is 0 Å². The molecule has 3 N–H and O–H groups in total. The highest BCUT2D eigenvalue weighted by atomic mass is 35.5. The number of nitrogens with zero attached hydrogens (tertiary/aromatic N) is 1. The summed E-state index contributed by atoms with van der Waals surface area (Å²) in [6.45, 7) is 0.902. The number of hydrogen-bond donors (Lipinski definition) is 2. The zero-order valence-electron chi connectivity index (χ0n) is 12.6. The summed E-state index contributed by atoms with van der Waals surface area (Å²) in [5, 5.41) is 3.76. The molecule has 0 aromatic heterocycles. The van der Waals surface area contributed by atoms with Crippen LogP contribution in [0.2, 0.25) is 10.0 Å². The van der Waals surface area contributed by atoms with Crippen LogP contribution in [-0.2, 0) is 9.59 Å². The topological polar surface area (TPSA) is 75.4 Å². The second kappa shape index (κ2) is 6.67. The van der Waals surface area contributed by atoms with Crippen molar-refractivity contribution in [3.63, 3.8) is 0 Å². The van der Waals surface area contributed by atoms with Crippen LogP contribution in [0.3, 0.4) is 0 Å². The van der Waals surface area contributed by atoms with Crippen molar-refractivity contribution in [3.05, 3.63) is 28.2 Å². The van der Waals surface area contributed by atoms with Gasteiger partial charge in [-0.2, -0.15) is 0 Å². The molecule has 1 aromatic carbocycles. The summed E-state index contributed by atoms with van der Waals surface area (Å²) in [6.07, 6.45) is 2.68. The Morgan fingerprint density at radius 1 is 1.30 bits per heavy atom. The maximum atomic E-state index is 12.6. The third kappa shape index (κ3) is 3.47. The molecule has 1 saturated heterocycles. The van der Waals surface area contributed by atoms with E-state index in [4.69, 9.17) is 28.9 Å². The molecule has 1 heterocycles. The highest BCUT2D eigenvalue weighted by Crippen LogP contribution is 2.33. The Morgan fingerprint density at radius 2 is 2.04 bits per heavy atom. The van der Waals surface area contributed by atoms with Gasteiger partial charge in [-0.15, -0.1) is 0 Å². The Kier molecular flexibility index (Phi) is 4.80. The molecular weight excluding hydrogens is 337 g/mol. The van der Waals surface area contributed by atoms with Crippen LogP contribution in [0.15, 0.2) is 18.2 Å². The number of anilines is 1. The van der Waals surface area contributed by atoms with Gasteiger partial charge in [0.1, 0.15) is 5.92 Å². The Balaban J connectivity index is 1.68. The molecule has 1 aromatic rings. The summed E-state index contributed by atoms with van der Waals surface area (Å²) in [4.78, 5) is 26.5. The Morgan fingerprint density at radius 3 is 2.65 bits per heavy atom. The molecule has 1 aliphatic heterocycles. The summed E-state index contributed by atoms with van der Waals surface area (Å²) in [6, 6.07) is 5.01. The number of nitrogens with one attached hydrogen (secondary N) is 1. The summed E-state index contributed by atoms with van der Waals surface area (Å²) in [5.41, 5.74) is 6.37. The maximum absolute atomic E-state index is 12.6. The molecule has 0 spiro atoms. The minimum atomic E-state index is -0.655. The van der Waals surface area contributed by atoms with E-state index in [9.17, 15) is 9.59 Å². The Labute approximate surface area is 145 Å². The molecule has 124 valence electrons. The molecule has 0 radical (unpaired) electrons. The third-order valence-electron chi connectivity index (χ3n) is 4.51. The fourth-order valence-corrected chi connectivity index (χ4v) is 3.28. The normalized spacial score (nSPS) is 22.3. The third-order valence-corrected chi connectivity index (χ3v) is 5.25. The largest absolute Gasteiger partial charge is 0.351 e. The van der Waals surface area contributed by atoms with Crippen molar-refractivity contribution in [2.45, 2.75) is 25.3 Å². The molecule has 5 nitrogen and oxygen atoms in total. The highest BCUT2D eigenvalue weighted by Gasteiger charge is 2.40. The van der Waals surface area contributed by atoms with Gasteiger partial charge in [0.05, 0.1) is 10.0 Å². The number of rotatable bonds is 5. The number of carbonyl (C=O) groups is 2. The summed E-state index contributed by atoms with van der Waals surface area (Å²) >= 11 is 11.9. The van der Waals surface area contributed by atoms with Crippen LogP contribution < -0.4 is 16.0 Å². The van der Waals surface area contributed by atoms with Crippen molar-refractivity contribution < 1.29 is 9.59 Å². The van der Waals surface area contributed by atoms with Crippen LogP contribution >= 0.6 is 23.2 Å². The van der Waals surface area contributed by atoms with E-state index in [0.29, 0.717) is 41.2 Å². The van der Waals surface area contributed by atoms with Gasteiger partial charge in [-0.05, 0) is 43.4 Å². The van der Waals surface area contributed by atoms with Crippen LogP contribution in [0.4, 0.5) is 5.69 Å². The lowest BCUT2D eigenvalue weighted by molar-refractivity contribution is -0.132. The number of hydrogen-bond acceptors (Lipinski definition) is 3. The maximum Gasteiger partial charge on any atom is 0.239 e. The zero-order valence-corrected chi connectivity index (χ0v) is 14.1. The fourth-order valence-electron chi connectivity index (χ4n) is 2.98. The minimum Gasteiger partial charge on any atom is -0.351 e. The van der Waals surface area contributed by atoms with Gasteiger partial charge in [0, 0.05) is 24.8 Å². The van der Waals surface area contributed by atoms with Gasteiger partial charge in [0.2, 0.25) is 11.8 Å². The zero-order chi connectivity index (χ0) is 16.6. The van der Waals surface area contributed by atoms with E-state index < -0.39 is 5.92 Å². The van der Waals surface area contributed by atoms with Gasteiger partial charge in [-0.1, -0.05) is 23.2 Å². The number of amides is 2. The van der Waals surface area contributed by atoms with Crippen LogP contribution in [0.1, 0.15) is 19.3 Å². The molecule has 2 unspecified atom stereocenters. The first-order valence-electron chi connectivity index (χ1n) is 7.78. The van der Waals surface area contributed by atoms with Gasteiger partial charge < -0.3 is 16.0 Å². The van der Waals surface area contributed by atoms with Gasteiger partial charge in [0.25, 0.3) is 0 Å². The second-order valence-electron chi connectivity index (χ2n) is 6.12. The predicted molar refractivity (Wildman–Crippen MR) is 90.6 cm³/mol. The number of benzene rings is 1. The van der Waals surface area contributed by atoms with E-state index in [1.807, 2.05) is 0 Å². The molecule has 1 aliphatic carbocycles. The van der Waals surface area contributed by atoms with Gasteiger partial charge in [-0.25, -0.2) is 0 Å². The predicted octanol–water partition coefficient (Wildman–Crippen LogP) is 2.20. The first-order chi connectivity index (χ1) is 11.0. The van der Waals surface area contributed by atoms with Crippen molar-refractivity contribution in [1.29, 1.82) is 0 Å². The van der Waals surface area contributed by atoms with Crippen molar-refractivity contribution >= 4 is 40.7 Å². The lowest BCUT2D eigenvalue weighted by atomic mass is 10.1. The fraction of sp³-hybridized carbons (Fsp3) is 0.500. The monoisotopic (exact) mass is 355 g/mol. The molecule has 1 saturated carbocycles. The smallest absolute Gasteiger partial charge is 0.239 e. The van der Waals surface area contributed by atoms with E-state index in [2.05, 4.69) is 5.32 Å². The van der Waals surface area contributed by atoms with Crippen molar-refractivity contribution in [2.75, 3.05) is 18.0 Å². The highest BCUT2D eigenvalue weighted by molar-refractivity contribution is 6.42. The van der Waals surface area contributed by atoms with Crippen LogP contribution in [0.25, 0.3) is 0 Å². The van der Waals surface area contributed by atoms with Crippen molar-refractivity contribution in [2.24, 2.45) is 17.6 Å². The van der Waals surface area contributed by atoms with Crippen molar-refractivity contribution in [3.8, 4) is 0 Å². The lowest BCUT2D eigenvalue weighted by Crippen LogP contribution is -2.46. The van der Waals surface area contributed by atoms with Gasteiger partial charge >= 0.3 is 0 Å². The average molecular weight is 356 g/mol. The number of nitrogens with two attached hydrogens (primary N) is 1. The van der Waals surface area contributed by atoms with E-state index in [1.54, 1.807) is 23.1 Å². The summed E-state index contributed by atoms with van der Waals surface area (Å²) < 4.78 is 0. The molecule has 23 heavy (non-hydrogen) atoms. The van der Waals surface area contributed by atoms with E-state index in [1.165, 1.54) is 0 Å². The molecule has 2 fully saturated rings.